The van der Waals surface area contributed by atoms with Crippen molar-refractivity contribution in [3.63, 3.8) is 0 Å². The van der Waals surface area contributed by atoms with Crippen LogP contribution in [0.4, 0.5) is 0 Å². The van der Waals surface area contributed by atoms with Crippen molar-refractivity contribution < 1.29 is 9.63 Å². The monoisotopic (exact) mass is 255 g/mol. The molecular formula is C13H9N3O3. The van der Waals surface area contributed by atoms with Crippen molar-refractivity contribution in [1.82, 2.24) is 15.1 Å². The molecule has 0 saturated carbocycles. The van der Waals surface area contributed by atoms with Crippen LogP contribution < -0.4 is 5.76 Å². The number of phenols is 1. The molecule has 1 aromatic carbocycles. The van der Waals surface area contributed by atoms with Gasteiger partial charge in [0.1, 0.15) is 11.4 Å². The number of rotatable bonds is 2. The highest BCUT2D eigenvalue weighted by Crippen LogP contribution is 2.29. The molecule has 2 heterocycles. The molecule has 0 fully saturated rings. The van der Waals surface area contributed by atoms with Crippen LogP contribution in [0.1, 0.15) is 0 Å². The second-order valence-electron chi connectivity index (χ2n) is 3.89. The first-order valence-corrected chi connectivity index (χ1v) is 5.55. The van der Waals surface area contributed by atoms with Gasteiger partial charge in [-0.05, 0) is 23.8 Å². The van der Waals surface area contributed by atoms with Gasteiger partial charge in [0.25, 0.3) is 0 Å². The lowest BCUT2D eigenvalue weighted by Crippen LogP contribution is -1.95. The predicted octanol–water partition coefficient (Wildman–Crippen LogP) is 1.80. The lowest BCUT2D eigenvalue weighted by atomic mass is 10.1. The van der Waals surface area contributed by atoms with Gasteiger partial charge in [0.15, 0.2) is 0 Å². The van der Waals surface area contributed by atoms with E-state index in [0.717, 1.165) is 5.56 Å². The molecule has 0 atom stereocenters. The second-order valence-corrected chi connectivity index (χ2v) is 3.89. The fourth-order valence-electron chi connectivity index (χ4n) is 1.79. The van der Waals surface area contributed by atoms with Crippen LogP contribution in [-0.2, 0) is 0 Å². The van der Waals surface area contributed by atoms with Crippen LogP contribution in [-0.4, -0.2) is 20.2 Å². The van der Waals surface area contributed by atoms with E-state index in [2.05, 4.69) is 19.6 Å². The molecule has 0 spiro atoms. The van der Waals surface area contributed by atoms with E-state index in [1.165, 1.54) is 0 Å². The summed E-state index contributed by atoms with van der Waals surface area (Å²) in [6.07, 6.45) is 1.57. The van der Waals surface area contributed by atoms with Gasteiger partial charge in [-0.2, -0.15) is 0 Å². The molecular weight excluding hydrogens is 246 g/mol. The molecule has 19 heavy (non-hydrogen) atoms. The summed E-state index contributed by atoms with van der Waals surface area (Å²) in [7, 11) is 0. The highest BCUT2D eigenvalue weighted by atomic mass is 16.5. The zero-order valence-electron chi connectivity index (χ0n) is 9.70. The lowest BCUT2D eigenvalue weighted by Gasteiger charge is -2.04. The van der Waals surface area contributed by atoms with Gasteiger partial charge in [0, 0.05) is 11.8 Å². The Kier molecular flexibility index (Phi) is 2.60. The molecule has 2 aromatic heterocycles. The molecule has 0 bridgehead atoms. The quantitative estimate of drug-likeness (QED) is 0.728. The predicted molar refractivity (Wildman–Crippen MR) is 67.5 cm³/mol. The largest absolute Gasteiger partial charge is 0.507 e. The molecule has 0 amide bonds. The van der Waals surface area contributed by atoms with Gasteiger partial charge in [0.2, 0.25) is 5.82 Å². The Morgan fingerprint density at radius 3 is 2.79 bits per heavy atom. The molecule has 0 radical (unpaired) electrons. The van der Waals surface area contributed by atoms with Crippen molar-refractivity contribution in [2.75, 3.05) is 0 Å². The summed E-state index contributed by atoms with van der Waals surface area (Å²) < 4.78 is 4.44. The number of hydrogen-bond acceptors (Lipinski definition) is 5. The summed E-state index contributed by atoms with van der Waals surface area (Å²) in [5.74, 6) is -0.208. The van der Waals surface area contributed by atoms with Gasteiger partial charge in [-0.15, -0.1) is 0 Å². The maximum atomic E-state index is 10.9. The van der Waals surface area contributed by atoms with Crippen molar-refractivity contribution in [2.45, 2.75) is 0 Å². The minimum atomic E-state index is -0.634. The summed E-state index contributed by atoms with van der Waals surface area (Å²) in [5, 5.41) is 13.4. The van der Waals surface area contributed by atoms with E-state index in [0.29, 0.717) is 11.3 Å². The minimum absolute atomic E-state index is 0.174. The Morgan fingerprint density at radius 1 is 1.21 bits per heavy atom. The normalized spacial score (nSPS) is 10.5. The van der Waals surface area contributed by atoms with E-state index in [1.807, 2.05) is 6.07 Å². The SMILES string of the molecule is O=c1[nH]c(-c2cc(-c3ccccc3O)ccn2)no1. The third-order valence-electron chi connectivity index (χ3n) is 2.66. The van der Waals surface area contributed by atoms with E-state index in [9.17, 15) is 9.90 Å². The summed E-state index contributed by atoms with van der Waals surface area (Å²) in [4.78, 5) is 17.5. The fraction of sp³-hybridized carbons (Fsp3) is 0. The maximum absolute atomic E-state index is 10.9. The molecule has 0 saturated heterocycles. The highest BCUT2D eigenvalue weighted by molar-refractivity contribution is 5.72. The molecule has 0 unspecified atom stereocenters. The molecule has 3 aromatic rings. The van der Waals surface area contributed by atoms with Gasteiger partial charge in [0.05, 0.1) is 0 Å². The number of H-pyrrole nitrogens is 1. The van der Waals surface area contributed by atoms with Crippen LogP contribution >= 0.6 is 0 Å². The van der Waals surface area contributed by atoms with Crippen molar-refractivity contribution in [2.24, 2.45) is 0 Å². The van der Waals surface area contributed by atoms with Crippen molar-refractivity contribution in [3.05, 3.63) is 53.1 Å². The first kappa shape index (κ1) is 11.2. The smallest absolute Gasteiger partial charge is 0.439 e. The van der Waals surface area contributed by atoms with E-state index in [-0.39, 0.29) is 11.6 Å². The third-order valence-corrected chi connectivity index (χ3v) is 2.66. The van der Waals surface area contributed by atoms with E-state index in [1.54, 1.807) is 36.5 Å². The van der Waals surface area contributed by atoms with Crippen molar-refractivity contribution >= 4 is 0 Å². The van der Waals surface area contributed by atoms with Crippen molar-refractivity contribution in [1.29, 1.82) is 0 Å². The highest BCUT2D eigenvalue weighted by Gasteiger charge is 2.09. The topological polar surface area (TPSA) is 92.0 Å². The van der Waals surface area contributed by atoms with Crippen LogP contribution in [0.3, 0.4) is 0 Å². The Morgan fingerprint density at radius 2 is 2.05 bits per heavy atom. The van der Waals surface area contributed by atoms with Gasteiger partial charge in [-0.3, -0.25) is 14.5 Å². The van der Waals surface area contributed by atoms with Crippen LogP contribution in [0.15, 0.2) is 51.9 Å². The number of aromatic hydroxyl groups is 1. The summed E-state index contributed by atoms with van der Waals surface area (Å²) in [6.45, 7) is 0. The standard InChI is InChI=1S/C13H9N3O3/c17-11-4-2-1-3-9(11)8-5-6-14-10(7-8)12-15-13(18)19-16-12/h1-7,17H,(H,15,16,18). The zero-order valence-corrected chi connectivity index (χ0v) is 9.70. The number of phenolic OH excluding ortho intramolecular Hbond substituents is 1. The van der Waals surface area contributed by atoms with Crippen LogP contribution in [0.5, 0.6) is 5.75 Å². The van der Waals surface area contributed by atoms with E-state index >= 15 is 0 Å². The second kappa shape index (κ2) is 4.41. The number of hydrogen-bond donors (Lipinski definition) is 2. The number of aromatic amines is 1. The summed E-state index contributed by atoms with van der Waals surface area (Å²) in [5.41, 5.74) is 1.91. The minimum Gasteiger partial charge on any atom is -0.507 e. The number of nitrogens with zero attached hydrogens (tertiary/aromatic N) is 2. The molecule has 0 aliphatic heterocycles. The Labute approximate surface area is 107 Å². The third kappa shape index (κ3) is 2.11. The Hall–Kier alpha value is -2.89. The molecule has 2 N–H and O–H groups in total. The summed E-state index contributed by atoms with van der Waals surface area (Å²) in [6, 6.07) is 10.4. The number of aromatic nitrogens is 3. The molecule has 94 valence electrons. The molecule has 6 heteroatoms. The fourth-order valence-corrected chi connectivity index (χ4v) is 1.79. The maximum Gasteiger partial charge on any atom is 0.439 e. The van der Waals surface area contributed by atoms with Crippen LogP contribution in [0, 0.1) is 0 Å². The molecule has 0 aliphatic carbocycles. The van der Waals surface area contributed by atoms with Gasteiger partial charge in [-0.1, -0.05) is 23.4 Å². The van der Waals surface area contributed by atoms with E-state index in [4.69, 9.17) is 0 Å². The number of pyridine rings is 1. The number of para-hydroxylation sites is 1. The van der Waals surface area contributed by atoms with Crippen molar-refractivity contribution in [3.8, 4) is 28.4 Å². The Bertz CT molecular complexity index is 776. The summed E-state index contributed by atoms with van der Waals surface area (Å²) >= 11 is 0. The van der Waals surface area contributed by atoms with Gasteiger partial charge >= 0.3 is 5.76 Å². The molecule has 6 nitrogen and oxygen atoms in total. The Balaban J connectivity index is 2.10. The lowest BCUT2D eigenvalue weighted by molar-refractivity contribution is 0.388. The first-order valence-electron chi connectivity index (χ1n) is 5.55. The van der Waals surface area contributed by atoms with E-state index < -0.39 is 5.76 Å². The average molecular weight is 255 g/mol. The van der Waals surface area contributed by atoms with Gasteiger partial charge in [-0.25, -0.2) is 4.79 Å². The number of nitrogens with one attached hydrogen (secondary N) is 1. The van der Waals surface area contributed by atoms with Crippen LogP contribution in [0.25, 0.3) is 22.6 Å². The first-order chi connectivity index (χ1) is 9.24. The number of benzene rings is 1. The zero-order chi connectivity index (χ0) is 13.2. The molecule has 3 rings (SSSR count). The van der Waals surface area contributed by atoms with Gasteiger partial charge < -0.3 is 5.11 Å². The van der Waals surface area contributed by atoms with Crippen LogP contribution in [0.2, 0.25) is 0 Å². The average Bonchev–Trinajstić information content (AvgIpc) is 2.86. The molecule has 0 aliphatic rings.